The highest BCUT2D eigenvalue weighted by molar-refractivity contribution is 7.89. The number of carbonyl (C=O) groups excluding carboxylic acids is 2. The summed E-state index contributed by atoms with van der Waals surface area (Å²) in [5, 5.41) is 16.3. The number of hydrogen-bond donors (Lipinski definition) is 2. The van der Waals surface area contributed by atoms with E-state index in [0.717, 1.165) is 12.1 Å². The summed E-state index contributed by atoms with van der Waals surface area (Å²) in [6.07, 6.45) is 0. The number of sulfonamides is 1. The van der Waals surface area contributed by atoms with Crippen LogP contribution in [0.15, 0.2) is 53.4 Å². The zero-order valence-electron chi connectivity index (χ0n) is 17.4. The number of nitrogens with zero attached hydrogens (tertiary/aromatic N) is 3. The number of anilines is 1. The molecule has 1 heterocycles. The van der Waals surface area contributed by atoms with E-state index >= 15 is 0 Å². The van der Waals surface area contributed by atoms with E-state index in [-0.39, 0.29) is 30.2 Å². The van der Waals surface area contributed by atoms with Crippen LogP contribution < -0.4 is 10.6 Å². The second-order valence-electron chi connectivity index (χ2n) is 7.21. The van der Waals surface area contributed by atoms with E-state index in [1.807, 2.05) is 4.90 Å². The van der Waals surface area contributed by atoms with E-state index in [0.29, 0.717) is 30.3 Å². The molecule has 11 nitrogen and oxygen atoms in total. The van der Waals surface area contributed by atoms with Crippen LogP contribution in [0, 0.1) is 10.1 Å². The zero-order chi connectivity index (χ0) is 24.0. The summed E-state index contributed by atoms with van der Waals surface area (Å²) < 4.78 is 26.8. The number of non-ortho nitro benzene ring substituents is 1. The van der Waals surface area contributed by atoms with Crippen molar-refractivity contribution in [3.05, 3.63) is 63.7 Å². The Hall–Kier alpha value is -3.06. The fourth-order valence-electron chi connectivity index (χ4n) is 3.21. The number of nitro groups is 1. The Morgan fingerprint density at radius 1 is 0.970 bits per heavy atom. The molecule has 2 amide bonds. The Balaban J connectivity index is 1.42. The van der Waals surface area contributed by atoms with E-state index in [1.165, 1.54) is 16.4 Å². The average Bonchev–Trinajstić information content (AvgIpc) is 2.81. The van der Waals surface area contributed by atoms with Crippen LogP contribution in [0.25, 0.3) is 0 Å². The summed E-state index contributed by atoms with van der Waals surface area (Å²) in [5.41, 5.74) is 0.271. The molecular formula is C20H22ClN5O6S. The van der Waals surface area contributed by atoms with Crippen molar-refractivity contribution < 1.29 is 22.9 Å². The largest absolute Gasteiger partial charge is 0.347 e. The lowest BCUT2D eigenvalue weighted by atomic mass is 10.3. The van der Waals surface area contributed by atoms with Gasteiger partial charge in [0.05, 0.1) is 9.82 Å². The Morgan fingerprint density at radius 2 is 1.58 bits per heavy atom. The molecule has 33 heavy (non-hydrogen) atoms. The molecule has 0 bridgehead atoms. The Bertz CT molecular complexity index is 1120. The molecule has 176 valence electrons. The second kappa shape index (κ2) is 10.7. The highest BCUT2D eigenvalue weighted by Crippen LogP contribution is 2.20. The third-order valence-electron chi connectivity index (χ3n) is 5.04. The molecule has 0 spiro atoms. The van der Waals surface area contributed by atoms with Crippen LogP contribution in [0.3, 0.4) is 0 Å². The maximum atomic E-state index is 12.8. The molecule has 13 heteroatoms. The first kappa shape index (κ1) is 24.6. The quantitative estimate of drug-likeness (QED) is 0.335. The third kappa shape index (κ3) is 6.48. The van der Waals surface area contributed by atoms with Crippen molar-refractivity contribution in [2.45, 2.75) is 4.90 Å². The summed E-state index contributed by atoms with van der Waals surface area (Å²) in [7, 11) is -3.75. The van der Waals surface area contributed by atoms with Gasteiger partial charge in [0.25, 0.3) is 5.69 Å². The van der Waals surface area contributed by atoms with Gasteiger partial charge >= 0.3 is 11.8 Å². The van der Waals surface area contributed by atoms with E-state index in [9.17, 15) is 28.1 Å². The highest BCUT2D eigenvalue weighted by Gasteiger charge is 2.28. The Morgan fingerprint density at radius 3 is 2.15 bits per heavy atom. The van der Waals surface area contributed by atoms with Crippen LogP contribution in [0.5, 0.6) is 0 Å². The molecule has 1 aliphatic heterocycles. The van der Waals surface area contributed by atoms with Crippen molar-refractivity contribution in [3.8, 4) is 0 Å². The van der Waals surface area contributed by atoms with Gasteiger partial charge in [-0.1, -0.05) is 11.6 Å². The van der Waals surface area contributed by atoms with Gasteiger partial charge in [0, 0.05) is 62.1 Å². The fourth-order valence-corrected chi connectivity index (χ4v) is 4.76. The van der Waals surface area contributed by atoms with Crippen molar-refractivity contribution in [1.29, 1.82) is 0 Å². The van der Waals surface area contributed by atoms with Gasteiger partial charge in [0.2, 0.25) is 10.0 Å². The number of nitro benzene ring substituents is 1. The number of hydrogen-bond acceptors (Lipinski definition) is 7. The van der Waals surface area contributed by atoms with Crippen molar-refractivity contribution >= 4 is 44.8 Å². The summed E-state index contributed by atoms with van der Waals surface area (Å²) >= 11 is 5.78. The molecular weight excluding hydrogens is 474 g/mol. The summed E-state index contributed by atoms with van der Waals surface area (Å²) in [6, 6.07) is 11.1. The number of amides is 2. The number of rotatable bonds is 7. The molecule has 0 radical (unpaired) electrons. The molecule has 2 aromatic carbocycles. The number of nitrogens with one attached hydrogen (secondary N) is 2. The number of piperazine rings is 1. The van der Waals surface area contributed by atoms with Gasteiger partial charge in [-0.25, -0.2) is 8.42 Å². The SMILES string of the molecule is O=C(NCCN1CCN(S(=O)(=O)c2ccc([N+](=O)[O-])cc2)CC1)C(=O)Nc1ccc(Cl)cc1. The van der Waals surface area contributed by atoms with Gasteiger partial charge in [-0.3, -0.25) is 24.6 Å². The van der Waals surface area contributed by atoms with Crippen LogP contribution in [-0.2, 0) is 19.6 Å². The molecule has 2 aromatic rings. The average molecular weight is 496 g/mol. The monoisotopic (exact) mass is 495 g/mol. The molecule has 3 rings (SSSR count). The molecule has 0 atom stereocenters. The Kier molecular flexibility index (Phi) is 7.97. The minimum absolute atomic E-state index is 0.000475. The zero-order valence-corrected chi connectivity index (χ0v) is 19.0. The Labute approximate surface area is 195 Å². The summed E-state index contributed by atoms with van der Waals surface area (Å²) in [6.45, 7) is 2.04. The highest BCUT2D eigenvalue weighted by atomic mass is 35.5. The van der Waals surface area contributed by atoms with Crippen LogP contribution in [0.2, 0.25) is 5.02 Å². The number of benzene rings is 2. The fraction of sp³-hybridized carbons (Fsp3) is 0.300. The molecule has 1 aliphatic rings. The molecule has 0 aromatic heterocycles. The van der Waals surface area contributed by atoms with Gasteiger partial charge in [-0.2, -0.15) is 4.31 Å². The summed E-state index contributed by atoms with van der Waals surface area (Å²) in [5.74, 6) is -1.57. The lowest BCUT2D eigenvalue weighted by Crippen LogP contribution is -2.50. The number of carbonyl (C=O) groups is 2. The minimum Gasteiger partial charge on any atom is -0.347 e. The summed E-state index contributed by atoms with van der Waals surface area (Å²) in [4.78, 5) is 36.0. The predicted molar refractivity (Wildman–Crippen MR) is 121 cm³/mol. The normalized spacial score (nSPS) is 15.1. The van der Waals surface area contributed by atoms with Gasteiger partial charge in [0.1, 0.15) is 0 Å². The smallest absolute Gasteiger partial charge is 0.313 e. The van der Waals surface area contributed by atoms with Gasteiger partial charge in [0.15, 0.2) is 0 Å². The second-order valence-corrected chi connectivity index (χ2v) is 9.59. The van der Waals surface area contributed by atoms with Crippen molar-refractivity contribution in [3.63, 3.8) is 0 Å². The van der Waals surface area contributed by atoms with Crippen LogP contribution >= 0.6 is 11.6 Å². The molecule has 1 saturated heterocycles. The molecule has 0 aliphatic carbocycles. The van der Waals surface area contributed by atoms with E-state index < -0.39 is 26.8 Å². The molecule has 0 saturated carbocycles. The lowest BCUT2D eigenvalue weighted by Gasteiger charge is -2.33. The first-order valence-corrected chi connectivity index (χ1v) is 11.8. The lowest BCUT2D eigenvalue weighted by molar-refractivity contribution is -0.384. The van der Waals surface area contributed by atoms with Crippen LogP contribution in [-0.4, -0.2) is 73.6 Å². The van der Waals surface area contributed by atoms with Gasteiger partial charge in [-0.15, -0.1) is 0 Å². The van der Waals surface area contributed by atoms with Crippen LogP contribution in [0.1, 0.15) is 0 Å². The predicted octanol–water partition coefficient (Wildman–Crippen LogP) is 1.31. The maximum absolute atomic E-state index is 12.8. The number of halogens is 1. The van der Waals surface area contributed by atoms with E-state index in [2.05, 4.69) is 10.6 Å². The molecule has 0 unspecified atom stereocenters. The first-order valence-electron chi connectivity index (χ1n) is 9.98. The molecule has 2 N–H and O–H groups in total. The first-order chi connectivity index (χ1) is 15.7. The van der Waals surface area contributed by atoms with Crippen molar-refractivity contribution in [2.24, 2.45) is 0 Å². The van der Waals surface area contributed by atoms with E-state index in [1.54, 1.807) is 24.3 Å². The molecule has 1 fully saturated rings. The standard InChI is InChI=1S/C20H22ClN5O6S/c21-15-1-3-16(4-2-15)23-20(28)19(27)22-9-10-24-11-13-25(14-12-24)33(31,32)18-7-5-17(6-8-18)26(29)30/h1-8H,9-14H2,(H,22,27)(H,23,28). The van der Waals surface area contributed by atoms with Crippen molar-refractivity contribution in [2.75, 3.05) is 44.6 Å². The van der Waals surface area contributed by atoms with Gasteiger partial charge in [-0.05, 0) is 36.4 Å². The van der Waals surface area contributed by atoms with Gasteiger partial charge < -0.3 is 10.6 Å². The maximum Gasteiger partial charge on any atom is 0.313 e. The van der Waals surface area contributed by atoms with E-state index in [4.69, 9.17) is 11.6 Å². The third-order valence-corrected chi connectivity index (χ3v) is 7.20. The van der Waals surface area contributed by atoms with Crippen molar-refractivity contribution in [1.82, 2.24) is 14.5 Å². The van der Waals surface area contributed by atoms with Crippen LogP contribution in [0.4, 0.5) is 11.4 Å². The topological polar surface area (TPSA) is 142 Å². The minimum atomic E-state index is -3.75.